The second-order valence-electron chi connectivity index (χ2n) is 3.76. The lowest BCUT2D eigenvalue weighted by atomic mass is 10.1. The fourth-order valence-corrected chi connectivity index (χ4v) is 1.55. The van der Waals surface area contributed by atoms with Crippen LogP contribution in [0.3, 0.4) is 0 Å². The lowest BCUT2D eigenvalue weighted by molar-refractivity contribution is 0.546. The summed E-state index contributed by atoms with van der Waals surface area (Å²) in [6, 6.07) is 6.33. The van der Waals surface area contributed by atoms with Gasteiger partial charge in [0.15, 0.2) is 5.82 Å². The Balaban J connectivity index is 2.07. The molecule has 2 rings (SSSR count). The lowest BCUT2D eigenvalue weighted by Gasteiger charge is -2.03. The van der Waals surface area contributed by atoms with Crippen LogP contribution < -0.4 is 5.73 Å². The van der Waals surface area contributed by atoms with E-state index in [1.165, 1.54) is 12.1 Å². The minimum atomic E-state index is -0.239. The number of halogens is 1. The topological polar surface area (TPSA) is 69.6 Å². The number of tetrazole rings is 1. The molecule has 0 fully saturated rings. The SMILES string of the molecule is NCCCn1nnnc1Cc1ccc(F)cc1. The highest BCUT2D eigenvalue weighted by Gasteiger charge is 2.06. The van der Waals surface area contributed by atoms with Gasteiger partial charge in [-0.25, -0.2) is 9.07 Å². The summed E-state index contributed by atoms with van der Waals surface area (Å²) in [5.41, 5.74) is 6.42. The van der Waals surface area contributed by atoms with Gasteiger partial charge in [0.05, 0.1) is 0 Å². The number of nitrogens with zero attached hydrogens (tertiary/aromatic N) is 4. The molecule has 0 radical (unpaired) electrons. The minimum Gasteiger partial charge on any atom is -0.330 e. The zero-order valence-corrected chi connectivity index (χ0v) is 9.38. The Labute approximate surface area is 98.4 Å². The van der Waals surface area contributed by atoms with Crippen molar-refractivity contribution in [3.8, 4) is 0 Å². The smallest absolute Gasteiger partial charge is 0.155 e. The lowest BCUT2D eigenvalue weighted by Crippen LogP contribution is -2.10. The third-order valence-corrected chi connectivity index (χ3v) is 2.46. The molecule has 2 N–H and O–H groups in total. The van der Waals surface area contributed by atoms with E-state index in [0.717, 1.165) is 17.8 Å². The van der Waals surface area contributed by atoms with Crippen LogP contribution in [0.25, 0.3) is 0 Å². The van der Waals surface area contributed by atoms with Crippen LogP contribution in [-0.4, -0.2) is 26.8 Å². The molecule has 0 atom stereocenters. The van der Waals surface area contributed by atoms with Gasteiger partial charge in [0.1, 0.15) is 5.82 Å². The quantitative estimate of drug-likeness (QED) is 0.830. The normalized spacial score (nSPS) is 10.7. The summed E-state index contributed by atoms with van der Waals surface area (Å²) in [7, 11) is 0. The van der Waals surface area contributed by atoms with Crippen molar-refractivity contribution >= 4 is 0 Å². The van der Waals surface area contributed by atoms with Crippen LogP contribution in [-0.2, 0) is 13.0 Å². The van der Waals surface area contributed by atoms with E-state index >= 15 is 0 Å². The van der Waals surface area contributed by atoms with Gasteiger partial charge >= 0.3 is 0 Å². The Morgan fingerprint density at radius 1 is 1.24 bits per heavy atom. The van der Waals surface area contributed by atoms with Gasteiger partial charge in [0.2, 0.25) is 0 Å². The molecule has 2 aromatic rings. The van der Waals surface area contributed by atoms with Crippen molar-refractivity contribution in [2.75, 3.05) is 6.54 Å². The molecular weight excluding hydrogens is 221 g/mol. The first-order valence-electron chi connectivity index (χ1n) is 5.49. The van der Waals surface area contributed by atoms with Crippen molar-refractivity contribution in [2.24, 2.45) is 5.73 Å². The highest BCUT2D eigenvalue weighted by molar-refractivity contribution is 5.19. The molecule has 0 aliphatic carbocycles. The minimum absolute atomic E-state index is 0.239. The van der Waals surface area contributed by atoms with Gasteiger partial charge < -0.3 is 5.73 Å². The van der Waals surface area contributed by atoms with Gasteiger partial charge in [-0.05, 0) is 41.1 Å². The summed E-state index contributed by atoms with van der Waals surface area (Å²) < 4.78 is 14.5. The molecule has 0 unspecified atom stereocenters. The largest absolute Gasteiger partial charge is 0.330 e. The van der Waals surface area contributed by atoms with Crippen molar-refractivity contribution < 1.29 is 4.39 Å². The van der Waals surface area contributed by atoms with Crippen LogP contribution in [0.1, 0.15) is 17.8 Å². The molecule has 1 aromatic carbocycles. The molecule has 17 heavy (non-hydrogen) atoms. The fraction of sp³-hybridized carbons (Fsp3) is 0.364. The van der Waals surface area contributed by atoms with Crippen LogP contribution in [0.15, 0.2) is 24.3 Å². The molecule has 5 nitrogen and oxygen atoms in total. The maximum Gasteiger partial charge on any atom is 0.155 e. The molecule has 0 bridgehead atoms. The highest BCUT2D eigenvalue weighted by Crippen LogP contribution is 2.08. The van der Waals surface area contributed by atoms with Gasteiger partial charge in [0, 0.05) is 13.0 Å². The van der Waals surface area contributed by atoms with Gasteiger partial charge in [-0.15, -0.1) is 5.10 Å². The predicted octanol–water partition coefficient (Wildman–Crippen LogP) is 0.752. The summed E-state index contributed by atoms with van der Waals surface area (Å²) in [4.78, 5) is 0. The van der Waals surface area contributed by atoms with E-state index in [1.54, 1.807) is 16.8 Å². The van der Waals surface area contributed by atoms with E-state index in [0.29, 0.717) is 19.5 Å². The van der Waals surface area contributed by atoms with Crippen molar-refractivity contribution in [2.45, 2.75) is 19.4 Å². The number of aryl methyl sites for hydroxylation is 1. The second-order valence-corrected chi connectivity index (χ2v) is 3.76. The van der Waals surface area contributed by atoms with Gasteiger partial charge in [-0.1, -0.05) is 12.1 Å². The van der Waals surface area contributed by atoms with E-state index in [2.05, 4.69) is 15.5 Å². The average molecular weight is 235 g/mol. The first kappa shape index (κ1) is 11.7. The van der Waals surface area contributed by atoms with Crippen LogP contribution in [0.5, 0.6) is 0 Å². The first-order valence-corrected chi connectivity index (χ1v) is 5.49. The summed E-state index contributed by atoms with van der Waals surface area (Å²) in [6.07, 6.45) is 1.43. The summed E-state index contributed by atoms with van der Waals surface area (Å²) in [5.74, 6) is 0.529. The number of hydrogen-bond acceptors (Lipinski definition) is 4. The molecule has 0 spiro atoms. The average Bonchev–Trinajstić information content (AvgIpc) is 2.77. The molecule has 1 aromatic heterocycles. The number of rotatable bonds is 5. The zero-order valence-electron chi connectivity index (χ0n) is 9.38. The van der Waals surface area contributed by atoms with Crippen molar-refractivity contribution in [3.05, 3.63) is 41.5 Å². The Kier molecular flexibility index (Phi) is 3.77. The molecule has 90 valence electrons. The third kappa shape index (κ3) is 3.07. The third-order valence-electron chi connectivity index (χ3n) is 2.46. The van der Waals surface area contributed by atoms with E-state index in [-0.39, 0.29) is 5.82 Å². The van der Waals surface area contributed by atoms with Crippen LogP contribution in [0.4, 0.5) is 4.39 Å². The van der Waals surface area contributed by atoms with Crippen molar-refractivity contribution in [1.29, 1.82) is 0 Å². The molecular formula is C11H14FN5. The van der Waals surface area contributed by atoms with Crippen LogP contribution in [0, 0.1) is 5.82 Å². The van der Waals surface area contributed by atoms with Gasteiger partial charge in [0.25, 0.3) is 0 Å². The standard InChI is InChI=1S/C11H14FN5/c12-10-4-2-9(3-5-10)8-11-14-15-16-17(11)7-1-6-13/h2-5H,1,6-8,13H2. The predicted molar refractivity (Wildman–Crippen MR) is 60.7 cm³/mol. The van der Waals surface area contributed by atoms with E-state index in [9.17, 15) is 4.39 Å². The molecule has 0 saturated heterocycles. The number of benzene rings is 1. The molecule has 0 amide bonds. The molecule has 0 aliphatic rings. The fourth-order valence-electron chi connectivity index (χ4n) is 1.55. The van der Waals surface area contributed by atoms with Crippen molar-refractivity contribution in [1.82, 2.24) is 20.2 Å². The Bertz CT molecular complexity index is 465. The highest BCUT2D eigenvalue weighted by atomic mass is 19.1. The number of hydrogen-bond donors (Lipinski definition) is 1. The maximum absolute atomic E-state index is 12.8. The number of nitrogens with two attached hydrogens (primary N) is 1. The van der Waals surface area contributed by atoms with Crippen LogP contribution in [0.2, 0.25) is 0 Å². The monoisotopic (exact) mass is 235 g/mol. The Morgan fingerprint density at radius 3 is 2.71 bits per heavy atom. The summed E-state index contributed by atoms with van der Waals surface area (Å²) in [6.45, 7) is 1.32. The van der Waals surface area contributed by atoms with E-state index in [4.69, 9.17) is 5.73 Å². The van der Waals surface area contributed by atoms with Crippen LogP contribution >= 0.6 is 0 Å². The summed E-state index contributed by atoms with van der Waals surface area (Å²) >= 11 is 0. The Morgan fingerprint density at radius 2 is 2.00 bits per heavy atom. The maximum atomic E-state index is 12.8. The van der Waals surface area contributed by atoms with Gasteiger partial charge in [-0.2, -0.15) is 0 Å². The van der Waals surface area contributed by atoms with Gasteiger partial charge in [-0.3, -0.25) is 0 Å². The van der Waals surface area contributed by atoms with Crippen molar-refractivity contribution in [3.63, 3.8) is 0 Å². The second kappa shape index (κ2) is 5.49. The van der Waals surface area contributed by atoms with E-state index < -0.39 is 0 Å². The number of aromatic nitrogens is 4. The molecule has 1 heterocycles. The Hall–Kier alpha value is -1.82. The van der Waals surface area contributed by atoms with E-state index in [1.807, 2.05) is 0 Å². The molecule has 0 saturated carbocycles. The molecule has 0 aliphatic heterocycles. The first-order chi connectivity index (χ1) is 8.29. The molecule has 6 heteroatoms. The zero-order chi connectivity index (χ0) is 12.1. The summed E-state index contributed by atoms with van der Waals surface area (Å²) in [5, 5.41) is 11.5.